The second kappa shape index (κ2) is 10.7. The van der Waals surface area contributed by atoms with Gasteiger partial charge in [-0.2, -0.15) is 0 Å². The van der Waals surface area contributed by atoms with Crippen LogP contribution in [0.15, 0.2) is 72.8 Å². The maximum Gasteiger partial charge on any atom is 0.239 e. The van der Waals surface area contributed by atoms with Crippen LogP contribution in [0.4, 0.5) is 5.69 Å². The number of nitrogens with zero attached hydrogens (tertiary/aromatic N) is 1. The Morgan fingerprint density at radius 1 is 0.833 bits per heavy atom. The average molecular weight is 504 g/mol. The second-order valence-electron chi connectivity index (χ2n) is 10.4. The Kier molecular flexibility index (Phi) is 7.38. The largest absolute Gasteiger partial charge is 0.486 e. The number of fused-ring (bicyclic) bond motifs is 1. The number of rotatable bonds is 7. The number of hydrogen-bond acceptors (Lipinski definition) is 3. The number of ether oxygens (including phenoxy) is 1. The number of benzene rings is 3. The van der Waals surface area contributed by atoms with Gasteiger partial charge in [-0.05, 0) is 78.3 Å². The Morgan fingerprint density at radius 2 is 1.53 bits per heavy atom. The highest BCUT2D eigenvalue weighted by atomic mass is 32.2. The molecule has 0 saturated heterocycles. The van der Waals surface area contributed by atoms with Gasteiger partial charge in [0, 0.05) is 0 Å². The molecule has 2 aliphatic rings. The molecule has 5 heteroatoms. The molecule has 1 saturated carbocycles. The summed E-state index contributed by atoms with van der Waals surface area (Å²) in [6.45, 7) is 4.68. The van der Waals surface area contributed by atoms with E-state index in [0.717, 1.165) is 29.0 Å². The normalized spacial score (nSPS) is 22.1. The van der Waals surface area contributed by atoms with E-state index in [2.05, 4.69) is 31.2 Å². The van der Waals surface area contributed by atoms with Crippen LogP contribution in [0, 0.1) is 5.92 Å². The molecule has 0 radical (unpaired) electrons. The van der Waals surface area contributed by atoms with Crippen LogP contribution < -0.4 is 9.04 Å². The molecule has 1 aliphatic heterocycles. The maximum atomic E-state index is 13.4. The van der Waals surface area contributed by atoms with Gasteiger partial charge in [-0.15, -0.1) is 0 Å². The van der Waals surface area contributed by atoms with Gasteiger partial charge in [-0.1, -0.05) is 80.9 Å². The number of sulfonamides is 1. The summed E-state index contributed by atoms with van der Waals surface area (Å²) in [7, 11) is -3.54. The summed E-state index contributed by atoms with van der Waals surface area (Å²) < 4.78 is 34.7. The SMILES string of the molecule is CCC1CCC(c2ccc(-c3ccc4c(c3)OC(CC)CN4S(=O)(=O)Cc3ccccc3)cc2)CC1. The lowest BCUT2D eigenvalue weighted by molar-refractivity contribution is 0.196. The molecule has 1 unspecified atom stereocenters. The molecule has 1 atom stereocenters. The fraction of sp³-hybridized carbons (Fsp3) is 0.419. The van der Waals surface area contributed by atoms with Gasteiger partial charge in [0.2, 0.25) is 10.0 Å². The van der Waals surface area contributed by atoms with E-state index in [4.69, 9.17) is 4.74 Å². The van der Waals surface area contributed by atoms with Gasteiger partial charge >= 0.3 is 0 Å². The van der Waals surface area contributed by atoms with Crippen molar-refractivity contribution in [3.63, 3.8) is 0 Å². The standard InChI is InChI=1S/C31H37NO3S/c1-3-23-10-12-25(13-11-23)26-14-16-27(17-15-26)28-18-19-30-31(20-28)35-29(4-2)21-32(30)36(33,34)22-24-8-6-5-7-9-24/h5-9,14-20,23,25,29H,3-4,10-13,21-22H2,1-2H3. The predicted molar refractivity (Wildman–Crippen MR) is 148 cm³/mol. The van der Waals surface area contributed by atoms with Crippen molar-refractivity contribution in [1.29, 1.82) is 0 Å². The van der Waals surface area contributed by atoms with Crippen molar-refractivity contribution in [1.82, 2.24) is 0 Å². The Hall–Kier alpha value is -2.79. The minimum absolute atomic E-state index is 0.0207. The first-order valence-corrected chi connectivity index (χ1v) is 15.0. The summed E-state index contributed by atoms with van der Waals surface area (Å²) >= 11 is 0. The van der Waals surface area contributed by atoms with E-state index in [-0.39, 0.29) is 11.9 Å². The Labute approximate surface area is 216 Å². The van der Waals surface area contributed by atoms with Crippen molar-refractivity contribution in [2.24, 2.45) is 5.92 Å². The van der Waals surface area contributed by atoms with Crippen LogP contribution in [0.25, 0.3) is 11.1 Å². The predicted octanol–water partition coefficient (Wildman–Crippen LogP) is 7.54. The lowest BCUT2D eigenvalue weighted by Gasteiger charge is -2.35. The van der Waals surface area contributed by atoms with Crippen molar-refractivity contribution in [2.75, 3.05) is 10.8 Å². The zero-order valence-electron chi connectivity index (χ0n) is 21.4. The molecule has 5 rings (SSSR count). The minimum Gasteiger partial charge on any atom is -0.486 e. The molecule has 0 N–H and O–H groups in total. The van der Waals surface area contributed by atoms with E-state index >= 15 is 0 Å². The maximum absolute atomic E-state index is 13.4. The molecule has 0 bridgehead atoms. The summed E-state index contributed by atoms with van der Waals surface area (Å²) in [4.78, 5) is 0. The van der Waals surface area contributed by atoms with E-state index < -0.39 is 10.0 Å². The summed E-state index contributed by atoms with van der Waals surface area (Å²) in [5.41, 5.74) is 5.03. The third-order valence-corrected chi connectivity index (χ3v) is 9.73. The second-order valence-corrected chi connectivity index (χ2v) is 12.2. The molecule has 0 spiro atoms. The van der Waals surface area contributed by atoms with Crippen LogP contribution in [0.2, 0.25) is 0 Å². The molecular formula is C31H37NO3S. The molecule has 4 nitrogen and oxygen atoms in total. The third kappa shape index (κ3) is 5.31. The van der Waals surface area contributed by atoms with Gasteiger partial charge in [0.25, 0.3) is 0 Å². The van der Waals surface area contributed by atoms with Crippen LogP contribution in [-0.2, 0) is 15.8 Å². The van der Waals surface area contributed by atoms with E-state index in [9.17, 15) is 8.42 Å². The molecule has 0 amide bonds. The molecular weight excluding hydrogens is 466 g/mol. The summed E-state index contributed by atoms with van der Waals surface area (Å²) in [5.74, 6) is 2.19. The zero-order chi connectivity index (χ0) is 25.1. The van der Waals surface area contributed by atoms with E-state index in [0.29, 0.717) is 23.9 Å². The van der Waals surface area contributed by atoms with Crippen molar-refractivity contribution in [3.05, 3.63) is 83.9 Å². The molecule has 3 aromatic rings. The van der Waals surface area contributed by atoms with Crippen LogP contribution in [0.1, 0.15) is 69.4 Å². The van der Waals surface area contributed by atoms with Gasteiger partial charge in [-0.3, -0.25) is 4.31 Å². The lowest BCUT2D eigenvalue weighted by atomic mass is 9.77. The summed E-state index contributed by atoms with van der Waals surface area (Å²) in [6, 6.07) is 24.2. The quantitative estimate of drug-likeness (QED) is 0.334. The van der Waals surface area contributed by atoms with Gasteiger partial charge in [0.05, 0.1) is 18.0 Å². The smallest absolute Gasteiger partial charge is 0.239 e. The highest BCUT2D eigenvalue weighted by Gasteiger charge is 2.33. The molecule has 0 aromatic heterocycles. The van der Waals surface area contributed by atoms with Crippen LogP contribution in [0.5, 0.6) is 5.75 Å². The third-order valence-electron chi connectivity index (χ3n) is 8.01. The van der Waals surface area contributed by atoms with Crippen LogP contribution in [-0.4, -0.2) is 21.1 Å². The monoisotopic (exact) mass is 503 g/mol. The van der Waals surface area contributed by atoms with Crippen molar-refractivity contribution < 1.29 is 13.2 Å². The molecule has 190 valence electrons. The first kappa shape index (κ1) is 24.9. The van der Waals surface area contributed by atoms with Crippen molar-refractivity contribution in [3.8, 4) is 16.9 Å². The minimum atomic E-state index is -3.54. The highest BCUT2D eigenvalue weighted by Crippen LogP contribution is 2.41. The van der Waals surface area contributed by atoms with Gasteiger partial charge < -0.3 is 4.74 Å². The first-order valence-electron chi connectivity index (χ1n) is 13.4. The first-order chi connectivity index (χ1) is 17.5. The van der Waals surface area contributed by atoms with E-state index in [1.807, 2.05) is 55.5 Å². The fourth-order valence-corrected chi connectivity index (χ4v) is 7.30. The van der Waals surface area contributed by atoms with Gasteiger partial charge in [0.1, 0.15) is 11.9 Å². The van der Waals surface area contributed by atoms with Gasteiger partial charge in [0.15, 0.2) is 0 Å². The van der Waals surface area contributed by atoms with Gasteiger partial charge in [-0.25, -0.2) is 8.42 Å². The molecule has 1 aliphatic carbocycles. The van der Waals surface area contributed by atoms with E-state index in [1.54, 1.807) is 4.31 Å². The molecule has 1 fully saturated rings. The molecule has 1 heterocycles. The molecule has 3 aromatic carbocycles. The Balaban J connectivity index is 1.38. The average Bonchev–Trinajstić information content (AvgIpc) is 2.92. The lowest BCUT2D eigenvalue weighted by Crippen LogP contribution is -2.43. The summed E-state index contributed by atoms with van der Waals surface area (Å²) in [6.07, 6.45) is 7.14. The van der Waals surface area contributed by atoms with Crippen LogP contribution in [0.3, 0.4) is 0 Å². The molecule has 36 heavy (non-hydrogen) atoms. The van der Waals surface area contributed by atoms with Crippen LogP contribution >= 0.6 is 0 Å². The van der Waals surface area contributed by atoms with E-state index in [1.165, 1.54) is 37.7 Å². The Bertz CT molecular complexity index is 1260. The highest BCUT2D eigenvalue weighted by molar-refractivity contribution is 7.92. The zero-order valence-corrected chi connectivity index (χ0v) is 22.2. The van der Waals surface area contributed by atoms with Crippen molar-refractivity contribution >= 4 is 15.7 Å². The summed E-state index contributed by atoms with van der Waals surface area (Å²) in [5, 5.41) is 0. The topological polar surface area (TPSA) is 46.6 Å². The number of anilines is 1. The van der Waals surface area contributed by atoms with Crippen molar-refractivity contribution in [2.45, 2.75) is 70.1 Å². The fourth-order valence-electron chi connectivity index (χ4n) is 5.68. The number of hydrogen-bond donors (Lipinski definition) is 0. The Morgan fingerprint density at radius 3 is 2.19 bits per heavy atom.